The molecule has 1 amide bonds. The summed E-state index contributed by atoms with van der Waals surface area (Å²) in [5.41, 5.74) is 0. The second kappa shape index (κ2) is 7.58. The van der Waals surface area contributed by atoms with Gasteiger partial charge in [-0.2, -0.15) is 0 Å². The van der Waals surface area contributed by atoms with Crippen molar-refractivity contribution in [3.8, 4) is 0 Å². The van der Waals surface area contributed by atoms with Gasteiger partial charge in [-0.3, -0.25) is 14.5 Å². The van der Waals surface area contributed by atoms with Crippen LogP contribution in [-0.4, -0.2) is 42.3 Å². The third-order valence-corrected chi connectivity index (χ3v) is 4.52. The number of hydrogen-bond acceptors (Lipinski definition) is 3. The van der Waals surface area contributed by atoms with Crippen molar-refractivity contribution in [3.05, 3.63) is 12.7 Å². The van der Waals surface area contributed by atoms with E-state index in [1.54, 1.807) is 6.08 Å². The predicted octanol–water partition coefficient (Wildman–Crippen LogP) is 1.90. The molecule has 1 N–H and O–H groups in total. The van der Waals surface area contributed by atoms with Crippen LogP contribution in [0.3, 0.4) is 0 Å². The zero-order valence-corrected chi connectivity index (χ0v) is 12.3. The van der Waals surface area contributed by atoms with Crippen LogP contribution >= 0.6 is 0 Å². The van der Waals surface area contributed by atoms with E-state index in [1.165, 1.54) is 6.42 Å². The summed E-state index contributed by atoms with van der Waals surface area (Å²) in [4.78, 5) is 26.3. The normalized spacial score (nSPS) is 28.1. The maximum absolute atomic E-state index is 12.2. The smallest absolute Gasteiger partial charge is 0.234 e. The van der Waals surface area contributed by atoms with Crippen LogP contribution < -0.4 is 5.32 Å². The fourth-order valence-electron chi connectivity index (χ4n) is 3.51. The largest absolute Gasteiger partial charge is 0.352 e. The summed E-state index contributed by atoms with van der Waals surface area (Å²) in [7, 11) is 0. The van der Waals surface area contributed by atoms with Crippen molar-refractivity contribution in [1.82, 2.24) is 10.2 Å². The van der Waals surface area contributed by atoms with Crippen molar-refractivity contribution in [2.75, 3.05) is 19.6 Å². The van der Waals surface area contributed by atoms with Gasteiger partial charge in [0.1, 0.15) is 5.78 Å². The SMILES string of the molecule is C=CCNC(=O)CN1CCCCC1C1CCCCC1=O. The first kappa shape index (κ1) is 15.2. The Morgan fingerprint density at radius 2 is 2.10 bits per heavy atom. The van der Waals surface area contributed by atoms with Gasteiger partial charge in [0.05, 0.1) is 6.54 Å². The highest BCUT2D eigenvalue weighted by Crippen LogP contribution is 2.31. The third kappa shape index (κ3) is 3.92. The first-order valence-corrected chi connectivity index (χ1v) is 7.86. The molecule has 0 aromatic heterocycles. The lowest BCUT2D eigenvalue weighted by molar-refractivity contribution is -0.130. The number of amides is 1. The molecule has 0 aromatic rings. The number of carbonyl (C=O) groups is 2. The molecule has 0 bridgehead atoms. The fraction of sp³-hybridized carbons (Fsp3) is 0.750. The third-order valence-electron chi connectivity index (χ3n) is 4.52. The van der Waals surface area contributed by atoms with E-state index in [0.717, 1.165) is 45.1 Å². The first-order chi connectivity index (χ1) is 9.72. The Hall–Kier alpha value is -1.16. The van der Waals surface area contributed by atoms with Crippen LogP contribution in [0, 0.1) is 5.92 Å². The van der Waals surface area contributed by atoms with Crippen molar-refractivity contribution in [1.29, 1.82) is 0 Å². The molecular weight excluding hydrogens is 252 g/mol. The Balaban J connectivity index is 1.95. The summed E-state index contributed by atoms with van der Waals surface area (Å²) >= 11 is 0. The minimum Gasteiger partial charge on any atom is -0.352 e. The minimum atomic E-state index is 0.0417. The van der Waals surface area contributed by atoms with Gasteiger partial charge >= 0.3 is 0 Å². The second-order valence-electron chi connectivity index (χ2n) is 5.94. The van der Waals surface area contributed by atoms with E-state index in [9.17, 15) is 9.59 Å². The maximum atomic E-state index is 12.2. The van der Waals surface area contributed by atoms with Gasteiger partial charge in [-0.25, -0.2) is 0 Å². The van der Waals surface area contributed by atoms with E-state index < -0.39 is 0 Å². The highest BCUT2D eigenvalue weighted by molar-refractivity contribution is 5.82. The summed E-state index contributed by atoms with van der Waals surface area (Å²) in [5.74, 6) is 0.621. The molecule has 2 rings (SSSR count). The highest BCUT2D eigenvalue weighted by Gasteiger charge is 2.35. The van der Waals surface area contributed by atoms with E-state index in [0.29, 0.717) is 18.9 Å². The van der Waals surface area contributed by atoms with Gasteiger partial charge in [-0.1, -0.05) is 18.9 Å². The van der Waals surface area contributed by atoms with Crippen molar-refractivity contribution in [2.45, 2.75) is 51.0 Å². The van der Waals surface area contributed by atoms with Crippen molar-refractivity contribution in [2.24, 2.45) is 5.92 Å². The summed E-state index contributed by atoms with van der Waals surface area (Å²) in [6, 6.07) is 0.283. The van der Waals surface area contributed by atoms with Crippen molar-refractivity contribution in [3.63, 3.8) is 0 Å². The number of likely N-dealkylation sites (tertiary alicyclic amines) is 1. The zero-order valence-electron chi connectivity index (χ0n) is 12.3. The predicted molar refractivity (Wildman–Crippen MR) is 79.4 cm³/mol. The lowest BCUT2D eigenvalue weighted by Crippen LogP contribution is -2.50. The van der Waals surface area contributed by atoms with Gasteiger partial charge in [0.2, 0.25) is 5.91 Å². The molecule has 1 saturated carbocycles. The number of nitrogens with zero attached hydrogens (tertiary/aromatic N) is 1. The number of piperidine rings is 1. The Morgan fingerprint density at radius 1 is 1.30 bits per heavy atom. The molecular formula is C16H26N2O2. The van der Waals surface area contributed by atoms with Gasteiger partial charge < -0.3 is 5.32 Å². The molecule has 0 spiro atoms. The summed E-state index contributed by atoms with van der Waals surface area (Å²) in [6.07, 6.45) is 9.00. The number of rotatable bonds is 5. The van der Waals surface area contributed by atoms with Gasteiger partial charge in [0.15, 0.2) is 0 Å². The van der Waals surface area contributed by atoms with Crippen LogP contribution in [0.5, 0.6) is 0 Å². The second-order valence-corrected chi connectivity index (χ2v) is 5.94. The zero-order chi connectivity index (χ0) is 14.4. The van der Waals surface area contributed by atoms with E-state index in [4.69, 9.17) is 0 Å². The molecule has 1 aliphatic carbocycles. The average molecular weight is 278 g/mol. The quantitative estimate of drug-likeness (QED) is 0.781. The molecule has 1 heterocycles. The van der Waals surface area contributed by atoms with Gasteiger partial charge in [0, 0.05) is 24.9 Å². The van der Waals surface area contributed by atoms with Crippen LogP contribution in [0.25, 0.3) is 0 Å². The van der Waals surface area contributed by atoms with Gasteiger partial charge in [-0.15, -0.1) is 6.58 Å². The van der Waals surface area contributed by atoms with E-state index in [2.05, 4.69) is 16.8 Å². The molecule has 0 aromatic carbocycles. The average Bonchev–Trinajstić information content (AvgIpc) is 2.46. The van der Waals surface area contributed by atoms with Gasteiger partial charge in [-0.05, 0) is 32.2 Å². The summed E-state index contributed by atoms with van der Waals surface area (Å²) in [5, 5.41) is 2.83. The van der Waals surface area contributed by atoms with Gasteiger partial charge in [0.25, 0.3) is 0 Å². The molecule has 2 aliphatic rings. The molecule has 4 heteroatoms. The molecule has 2 unspecified atom stereocenters. The minimum absolute atomic E-state index is 0.0417. The van der Waals surface area contributed by atoms with Crippen LogP contribution in [-0.2, 0) is 9.59 Å². The summed E-state index contributed by atoms with van der Waals surface area (Å²) < 4.78 is 0. The van der Waals surface area contributed by atoms with E-state index in [1.807, 2.05) is 0 Å². The molecule has 1 saturated heterocycles. The van der Waals surface area contributed by atoms with Crippen LogP contribution in [0.2, 0.25) is 0 Å². The number of Topliss-reactive ketones (excluding diaryl/α,β-unsaturated/α-hetero) is 1. The Morgan fingerprint density at radius 3 is 2.85 bits per heavy atom. The molecule has 112 valence electrons. The molecule has 1 aliphatic heterocycles. The lowest BCUT2D eigenvalue weighted by atomic mass is 9.79. The van der Waals surface area contributed by atoms with Crippen LogP contribution in [0.4, 0.5) is 0 Å². The Kier molecular flexibility index (Phi) is 5.77. The van der Waals surface area contributed by atoms with Crippen molar-refractivity contribution >= 4 is 11.7 Å². The van der Waals surface area contributed by atoms with E-state index >= 15 is 0 Å². The number of hydrogen-bond donors (Lipinski definition) is 1. The first-order valence-electron chi connectivity index (χ1n) is 7.86. The number of nitrogens with one attached hydrogen (secondary N) is 1. The molecule has 0 radical (unpaired) electrons. The van der Waals surface area contributed by atoms with Crippen LogP contribution in [0.15, 0.2) is 12.7 Å². The summed E-state index contributed by atoms with van der Waals surface area (Å²) in [6.45, 7) is 5.48. The lowest BCUT2D eigenvalue weighted by Gasteiger charge is -2.40. The topological polar surface area (TPSA) is 49.4 Å². The number of carbonyl (C=O) groups excluding carboxylic acids is 2. The molecule has 2 atom stereocenters. The standard InChI is InChI=1S/C16H26N2O2/c1-2-10-17-16(20)12-18-11-6-5-8-14(18)13-7-3-4-9-15(13)19/h2,13-14H,1,3-12H2,(H,17,20). The molecule has 4 nitrogen and oxygen atoms in total. The van der Waals surface area contributed by atoms with E-state index in [-0.39, 0.29) is 17.9 Å². The Bertz CT molecular complexity index is 367. The highest BCUT2D eigenvalue weighted by atomic mass is 16.2. The fourth-order valence-corrected chi connectivity index (χ4v) is 3.51. The monoisotopic (exact) mass is 278 g/mol. The molecule has 2 fully saturated rings. The Labute approximate surface area is 121 Å². The number of ketones is 1. The molecule has 20 heavy (non-hydrogen) atoms. The van der Waals surface area contributed by atoms with Crippen molar-refractivity contribution < 1.29 is 9.59 Å². The van der Waals surface area contributed by atoms with Crippen LogP contribution in [0.1, 0.15) is 44.9 Å². The maximum Gasteiger partial charge on any atom is 0.234 e.